The molecule has 23 heavy (non-hydrogen) atoms. The fourth-order valence-electron chi connectivity index (χ4n) is 3.02. The van der Waals surface area contributed by atoms with Crippen molar-refractivity contribution in [2.75, 3.05) is 13.7 Å². The van der Waals surface area contributed by atoms with Gasteiger partial charge in [-0.3, -0.25) is 9.78 Å². The highest BCUT2D eigenvalue weighted by Gasteiger charge is 2.36. The summed E-state index contributed by atoms with van der Waals surface area (Å²) in [5, 5.41) is 10.3. The zero-order chi connectivity index (χ0) is 16.2. The third-order valence-corrected chi connectivity index (χ3v) is 4.28. The van der Waals surface area contributed by atoms with Crippen molar-refractivity contribution in [3.8, 4) is 5.75 Å². The summed E-state index contributed by atoms with van der Waals surface area (Å²) in [5.41, 5.74) is 1.65. The zero-order valence-electron chi connectivity index (χ0n) is 13.1. The van der Waals surface area contributed by atoms with Crippen LogP contribution in [0.2, 0.25) is 0 Å². The number of aliphatic hydroxyl groups is 1. The van der Waals surface area contributed by atoms with Gasteiger partial charge in [-0.2, -0.15) is 0 Å². The van der Waals surface area contributed by atoms with E-state index in [1.165, 1.54) is 0 Å². The molecule has 1 saturated heterocycles. The van der Waals surface area contributed by atoms with Crippen LogP contribution in [0, 0.1) is 0 Å². The highest BCUT2D eigenvalue weighted by molar-refractivity contribution is 5.95. The number of amides is 1. The standard InChI is InChI=1S/C18H20N2O3/c1-23-15-4-2-3-14(12-15)18(22)20-10-7-17(21)16(20)11-13-5-8-19-9-6-13/h2-6,8-9,12,16-17,21H,7,10-11H2,1H3/t16-,17+/m0/s1. The number of hydrogen-bond acceptors (Lipinski definition) is 4. The Hall–Kier alpha value is -2.40. The second-order valence-corrected chi connectivity index (χ2v) is 5.71. The van der Waals surface area contributed by atoms with Crippen LogP contribution in [0.3, 0.4) is 0 Å². The van der Waals surface area contributed by atoms with Gasteiger partial charge < -0.3 is 14.7 Å². The quantitative estimate of drug-likeness (QED) is 0.937. The number of rotatable bonds is 4. The molecule has 1 aliphatic rings. The lowest BCUT2D eigenvalue weighted by molar-refractivity contribution is 0.0639. The minimum absolute atomic E-state index is 0.0699. The Labute approximate surface area is 135 Å². The number of nitrogens with zero attached hydrogens (tertiary/aromatic N) is 2. The molecule has 0 spiro atoms. The topological polar surface area (TPSA) is 62.7 Å². The summed E-state index contributed by atoms with van der Waals surface area (Å²) >= 11 is 0. The van der Waals surface area contributed by atoms with E-state index in [0.29, 0.717) is 30.7 Å². The number of benzene rings is 1. The largest absolute Gasteiger partial charge is 0.497 e. The Morgan fingerprint density at radius 1 is 1.35 bits per heavy atom. The van der Waals surface area contributed by atoms with Crippen LogP contribution in [0.1, 0.15) is 22.3 Å². The maximum absolute atomic E-state index is 12.8. The second kappa shape index (κ2) is 6.79. The minimum Gasteiger partial charge on any atom is -0.497 e. The monoisotopic (exact) mass is 312 g/mol. The van der Waals surface area contributed by atoms with E-state index < -0.39 is 6.10 Å². The Morgan fingerprint density at radius 2 is 2.13 bits per heavy atom. The summed E-state index contributed by atoms with van der Waals surface area (Å²) in [6.07, 6.45) is 4.18. The van der Waals surface area contributed by atoms with Crippen molar-refractivity contribution in [2.24, 2.45) is 0 Å². The molecular weight excluding hydrogens is 292 g/mol. The molecule has 1 fully saturated rings. The molecule has 1 N–H and O–H groups in total. The number of methoxy groups -OCH3 is 1. The van der Waals surface area contributed by atoms with E-state index in [1.807, 2.05) is 18.2 Å². The lowest BCUT2D eigenvalue weighted by atomic mass is 10.0. The van der Waals surface area contributed by atoms with Crippen LogP contribution in [0.4, 0.5) is 0 Å². The van der Waals surface area contributed by atoms with Crippen LogP contribution in [0.15, 0.2) is 48.8 Å². The third kappa shape index (κ3) is 3.35. The number of carbonyl (C=O) groups excluding carboxylic acids is 1. The zero-order valence-corrected chi connectivity index (χ0v) is 13.1. The molecule has 3 rings (SSSR count). The average Bonchev–Trinajstić information content (AvgIpc) is 2.96. The summed E-state index contributed by atoms with van der Waals surface area (Å²) < 4.78 is 5.18. The highest BCUT2D eigenvalue weighted by Crippen LogP contribution is 2.25. The molecular formula is C18H20N2O3. The van der Waals surface area contributed by atoms with Crippen LogP contribution >= 0.6 is 0 Å². The molecule has 0 saturated carbocycles. The molecule has 5 heteroatoms. The molecule has 0 bridgehead atoms. The molecule has 1 aromatic carbocycles. The molecule has 1 amide bonds. The van der Waals surface area contributed by atoms with Crippen LogP contribution in [0.5, 0.6) is 5.75 Å². The van der Waals surface area contributed by atoms with Crippen molar-refractivity contribution >= 4 is 5.91 Å². The first-order valence-electron chi connectivity index (χ1n) is 7.71. The summed E-state index contributed by atoms with van der Waals surface area (Å²) in [4.78, 5) is 18.6. The molecule has 120 valence electrons. The van der Waals surface area contributed by atoms with Crippen molar-refractivity contribution in [1.29, 1.82) is 0 Å². The number of ether oxygens (including phenoxy) is 1. The van der Waals surface area contributed by atoms with Gasteiger partial charge in [0.1, 0.15) is 5.75 Å². The molecule has 1 aromatic heterocycles. The van der Waals surface area contributed by atoms with E-state index in [2.05, 4.69) is 4.98 Å². The predicted molar refractivity (Wildman–Crippen MR) is 86.4 cm³/mol. The molecule has 2 heterocycles. The molecule has 2 aromatic rings. The van der Waals surface area contributed by atoms with Gasteiger partial charge in [-0.25, -0.2) is 0 Å². The Morgan fingerprint density at radius 3 is 2.87 bits per heavy atom. The number of pyridine rings is 1. The van der Waals surface area contributed by atoms with Crippen LogP contribution in [-0.2, 0) is 6.42 Å². The van der Waals surface area contributed by atoms with Gasteiger partial charge >= 0.3 is 0 Å². The van der Waals surface area contributed by atoms with Crippen LogP contribution in [-0.4, -0.2) is 46.7 Å². The Bertz CT molecular complexity index is 675. The fourth-order valence-corrected chi connectivity index (χ4v) is 3.02. The summed E-state index contributed by atoms with van der Waals surface area (Å²) in [6, 6.07) is 10.7. The SMILES string of the molecule is COc1cccc(C(=O)N2CC[C@@H](O)[C@@H]2Cc2ccncc2)c1. The number of aliphatic hydroxyl groups excluding tert-OH is 1. The summed E-state index contributed by atoms with van der Waals surface area (Å²) in [6.45, 7) is 0.562. The van der Waals surface area contributed by atoms with Gasteiger partial charge in [-0.15, -0.1) is 0 Å². The smallest absolute Gasteiger partial charge is 0.254 e. The Kier molecular flexibility index (Phi) is 4.57. The van der Waals surface area contributed by atoms with E-state index in [4.69, 9.17) is 4.74 Å². The van der Waals surface area contributed by atoms with Crippen molar-refractivity contribution in [3.63, 3.8) is 0 Å². The van der Waals surface area contributed by atoms with Crippen LogP contribution < -0.4 is 4.74 Å². The van der Waals surface area contributed by atoms with Crippen molar-refractivity contribution in [3.05, 3.63) is 59.9 Å². The maximum atomic E-state index is 12.8. The first-order valence-corrected chi connectivity index (χ1v) is 7.71. The number of carbonyl (C=O) groups is 1. The van der Waals surface area contributed by atoms with E-state index in [9.17, 15) is 9.90 Å². The summed E-state index contributed by atoms with van der Waals surface area (Å²) in [7, 11) is 1.58. The first-order chi connectivity index (χ1) is 11.2. The normalized spacial score (nSPS) is 20.5. The predicted octanol–water partition coefficient (Wildman–Crippen LogP) is 1.91. The lowest BCUT2D eigenvalue weighted by Crippen LogP contribution is -2.41. The highest BCUT2D eigenvalue weighted by atomic mass is 16.5. The van der Waals surface area contributed by atoms with Gasteiger partial charge in [0.2, 0.25) is 0 Å². The van der Waals surface area contributed by atoms with Crippen molar-refractivity contribution in [1.82, 2.24) is 9.88 Å². The van der Waals surface area contributed by atoms with Gasteiger partial charge in [-0.05, 0) is 48.7 Å². The second-order valence-electron chi connectivity index (χ2n) is 5.71. The molecule has 1 aliphatic heterocycles. The minimum atomic E-state index is -0.502. The number of hydrogen-bond donors (Lipinski definition) is 1. The van der Waals surface area contributed by atoms with E-state index in [0.717, 1.165) is 5.56 Å². The van der Waals surface area contributed by atoms with E-state index in [-0.39, 0.29) is 11.9 Å². The van der Waals surface area contributed by atoms with Gasteiger partial charge in [0.25, 0.3) is 5.91 Å². The Balaban J connectivity index is 1.80. The average molecular weight is 312 g/mol. The molecule has 0 unspecified atom stereocenters. The molecule has 2 atom stereocenters. The van der Waals surface area contributed by atoms with Gasteiger partial charge in [0.05, 0.1) is 19.3 Å². The number of likely N-dealkylation sites (tertiary alicyclic amines) is 1. The fraction of sp³-hybridized carbons (Fsp3) is 0.333. The van der Waals surface area contributed by atoms with E-state index in [1.54, 1.807) is 42.6 Å². The van der Waals surface area contributed by atoms with E-state index >= 15 is 0 Å². The van der Waals surface area contributed by atoms with Gasteiger partial charge in [0, 0.05) is 24.5 Å². The molecule has 5 nitrogen and oxygen atoms in total. The molecule has 0 aliphatic carbocycles. The van der Waals surface area contributed by atoms with Crippen LogP contribution in [0.25, 0.3) is 0 Å². The summed E-state index contributed by atoms with van der Waals surface area (Å²) in [5.74, 6) is 0.584. The van der Waals surface area contributed by atoms with Crippen molar-refractivity contribution in [2.45, 2.75) is 25.0 Å². The molecule has 0 radical (unpaired) electrons. The maximum Gasteiger partial charge on any atom is 0.254 e. The lowest BCUT2D eigenvalue weighted by Gasteiger charge is -2.26. The van der Waals surface area contributed by atoms with Crippen molar-refractivity contribution < 1.29 is 14.6 Å². The third-order valence-electron chi connectivity index (χ3n) is 4.28. The van der Waals surface area contributed by atoms with Gasteiger partial charge in [0.15, 0.2) is 0 Å². The number of aromatic nitrogens is 1. The van der Waals surface area contributed by atoms with Gasteiger partial charge in [-0.1, -0.05) is 6.07 Å². The first kappa shape index (κ1) is 15.5.